The standard InChI is InChI=1S/C26H32N4O3/c27-26(32)21-8-4-9-22(33-17-19-5-1-2-6-19)25(21)29-16-20-13-14-23(28-15-20)30-24(31)10-3-7-18-11-12-18/h3-4,7-9,13-15,18-19,29H,1-2,5-6,10-12,16-17H2,(H2,27,32)(H,28,30,31). The van der Waals surface area contributed by atoms with Crippen LogP contribution in [0.5, 0.6) is 5.75 Å². The third-order valence-corrected chi connectivity index (χ3v) is 6.14. The van der Waals surface area contributed by atoms with Crippen LogP contribution in [0.25, 0.3) is 0 Å². The molecule has 1 aromatic heterocycles. The fourth-order valence-electron chi connectivity index (χ4n) is 4.07. The molecule has 0 unspecified atom stereocenters. The lowest BCUT2D eigenvalue weighted by Crippen LogP contribution is -2.16. The van der Waals surface area contributed by atoms with Crippen molar-refractivity contribution < 1.29 is 14.3 Å². The van der Waals surface area contributed by atoms with E-state index in [2.05, 4.69) is 21.7 Å². The summed E-state index contributed by atoms with van der Waals surface area (Å²) in [6, 6.07) is 9.01. The quantitative estimate of drug-likeness (QED) is 0.434. The van der Waals surface area contributed by atoms with E-state index in [4.69, 9.17) is 10.5 Å². The second-order valence-electron chi connectivity index (χ2n) is 8.93. The fourth-order valence-corrected chi connectivity index (χ4v) is 4.07. The lowest BCUT2D eigenvalue weighted by molar-refractivity contribution is -0.115. The number of pyridine rings is 1. The molecule has 2 fully saturated rings. The number of rotatable bonds is 11. The molecule has 174 valence electrons. The lowest BCUT2D eigenvalue weighted by atomic mass is 10.1. The van der Waals surface area contributed by atoms with E-state index >= 15 is 0 Å². The monoisotopic (exact) mass is 448 g/mol. The molecule has 1 heterocycles. The Morgan fingerprint density at radius 3 is 2.64 bits per heavy atom. The van der Waals surface area contributed by atoms with Crippen LogP contribution in [-0.4, -0.2) is 23.4 Å². The Labute approximate surface area is 194 Å². The summed E-state index contributed by atoms with van der Waals surface area (Å²) in [5.74, 6) is 1.79. The summed E-state index contributed by atoms with van der Waals surface area (Å²) in [6.07, 6.45) is 13.4. The van der Waals surface area contributed by atoms with Crippen LogP contribution in [0.2, 0.25) is 0 Å². The number of hydrogen-bond acceptors (Lipinski definition) is 5. The van der Waals surface area contributed by atoms with Crippen molar-refractivity contribution >= 4 is 23.3 Å². The number of carbonyl (C=O) groups is 2. The van der Waals surface area contributed by atoms with Gasteiger partial charge in [-0.15, -0.1) is 0 Å². The third-order valence-electron chi connectivity index (χ3n) is 6.14. The number of primary amides is 1. The number of aromatic nitrogens is 1. The number of para-hydroxylation sites is 1. The fraction of sp³-hybridized carbons (Fsp3) is 0.423. The minimum Gasteiger partial charge on any atom is -0.491 e. The van der Waals surface area contributed by atoms with Crippen LogP contribution in [0.3, 0.4) is 0 Å². The van der Waals surface area contributed by atoms with Crippen LogP contribution in [-0.2, 0) is 11.3 Å². The van der Waals surface area contributed by atoms with E-state index < -0.39 is 5.91 Å². The number of nitrogens with one attached hydrogen (secondary N) is 2. The van der Waals surface area contributed by atoms with Gasteiger partial charge in [-0.05, 0) is 61.3 Å². The third kappa shape index (κ3) is 6.81. The van der Waals surface area contributed by atoms with Gasteiger partial charge in [0.15, 0.2) is 0 Å². The molecule has 0 atom stereocenters. The maximum atomic E-state index is 12.0. The molecule has 0 bridgehead atoms. The first kappa shape index (κ1) is 22.8. The Morgan fingerprint density at radius 2 is 1.94 bits per heavy atom. The highest BCUT2D eigenvalue weighted by Gasteiger charge is 2.19. The van der Waals surface area contributed by atoms with Gasteiger partial charge in [-0.1, -0.05) is 37.1 Å². The van der Waals surface area contributed by atoms with Crippen molar-refractivity contribution in [2.45, 2.75) is 51.5 Å². The Bertz CT molecular complexity index is 993. The maximum absolute atomic E-state index is 12.0. The van der Waals surface area contributed by atoms with Gasteiger partial charge >= 0.3 is 0 Å². The number of hydrogen-bond donors (Lipinski definition) is 3. The second kappa shape index (κ2) is 11.0. The van der Waals surface area contributed by atoms with Gasteiger partial charge in [0.25, 0.3) is 5.91 Å². The number of ether oxygens (including phenoxy) is 1. The number of nitrogens with zero attached hydrogens (tertiary/aromatic N) is 1. The van der Waals surface area contributed by atoms with Crippen molar-refractivity contribution in [1.29, 1.82) is 0 Å². The largest absolute Gasteiger partial charge is 0.491 e. The van der Waals surface area contributed by atoms with E-state index in [1.807, 2.05) is 18.2 Å². The molecule has 4 rings (SSSR count). The molecule has 0 spiro atoms. The molecule has 0 radical (unpaired) electrons. The smallest absolute Gasteiger partial charge is 0.250 e. The van der Waals surface area contributed by atoms with E-state index in [0.29, 0.717) is 54.2 Å². The molecule has 2 aromatic rings. The van der Waals surface area contributed by atoms with Crippen LogP contribution < -0.4 is 21.1 Å². The van der Waals surface area contributed by atoms with Gasteiger partial charge in [0.1, 0.15) is 11.6 Å². The molecule has 1 aromatic carbocycles. The molecule has 2 amide bonds. The molecule has 2 saturated carbocycles. The first-order chi connectivity index (χ1) is 16.1. The molecule has 0 saturated heterocycles. The zero-order valence-electron chi connectivity index (χ0n) is 18.9. The highest BCUT2D eigenvalue weighted by atomic mass is 16.5. The van der Waals surface area contributed by atoms with Crippen molar-refractivity contribution in [3.05, 3.63) is 59.8 Å². The molecule has 33 heavy (non-hydrogen) atoms. The van der Waals surface area contributed by atoms with Crippen molar-refractivity contribution in [1.82, 2.24) is 4.98 Å². The van der Waals surface area contributed by atoms with Crippen molar-refractivity contribution in [2.24, 2.45) is 17.6 Å². The van der Waals surface area contributed by atoms with Crippen molar-refractivity contribution in [3.63, 3.8) is 0 Å². The Hall–Kier alpha value is -3.35. The Morgan fingerprint density at radius 1 is 1.12 bits per heavy atom. The van der Waals surface area contributed by atoms with E-state index in [1.165, 1.54) is 38.5 Å². The molecule has 7 heteroatoms. The topological polar surface area (TPSA) is 106 Å². The minimum absolute atomic E-state index is 0.0790. The predicted molar refractivity (Wildman–Crippen MR) is 129 cm³/mol. The Balaban J connectivity index is 1.35. The summed E-state index contributed by atoms with van der Waals surface area (Å²) in [6.45, 7) is 1.08. The van der Waals surface area contributed by atoms with Gasteiger partial charge in [-0.25, -0.2) is 4.98 Å². The maximum Gasteiger partial charge on any atom is 0.250 e. The average Bonchev–Trinajstić information content (AvgIpc) is 3.48. The molecule has 7 nitrogen and oxygen atoms in total. The number of amides is 2. The summed E-state index contributed by atoms with van der Waals surface area (Å²) in [5.41, 5.74) is 7.50. The van der Waals surface area contributed by atoms with E-state index in [0.717, 1.165) is 5.56 Å². The van der Waals surface area contributed by atoms with E-state index in [-0.39, 0.29) is 5.91 Å². The number of nitrogens with two attached hydrogens (primary N) is 1. The SMILES string of the molecule is NC(=O)c1cccc(OCC2CCCC2)c1NCc1ccc(NC(=O)CC=CC2CC2)nc1. The average molecular weight is 449 g/mol. The van der Waals surface area contributed by atoms with Gasteiger partial charge in [-0.2, -0.15) is 0 Å². The summed E-state index contributed by atoms with van der Waals surface area (Å²) < 4.78 is 6.08. The highest BCUT2D eigenvalue weighted by molar-refractivity contribution is 5.99. The number of allylic oxidation sites excluding steroid dienone is 1. The number of anilines is 2. The number of benzene rings is 1. The summed E-state index contributed by atoms with van der Waals surface area (Å²) in [7, 11) is 0. The van der Waals surface area contributed by atoms with Gasteiger partial charge < -0.3 is 21.1 Å². The molecule has 0 aliphatic heterocycles. The second-order valence-corrected chi connectivity index (χ2v) is 8.93. The minimum atomic E-state index is -0.504. The lowest BCUT2D eigenvalue weighted by Gasteiger charge is -2.18. The first-order valence-corrected chi connectivity index (χ1v) is 11.8. The van der Waals surface area contributed by atoms with E-state index in [9.17, 15) is 9.59 Å². The van der Waals surface area contributed by atoms with Gasteiger partial charge in [-0.3, -0.25) is 9.59 Å². The van der Waals surface area contributed by atoms with Gasteiger partial charge in [0.05, 0.1) is 17.9 Å². The van der Waals surface area contributed by atoms with Crippen LogP contribution >= 0.6 is 0 Å². The predicted octanol–water partition coefficient (Wildman–Crippen LogP) is 4.66. The van der Waals surface area contributed by atoms with Crippen molar-refractivity contribution in [2.75, 3.05) is 17.2 Å². The van der Waals surface area contributed by atoms with Gasteiger partial charge in [0, 0.05) is 19.2 Å². The summed E-state index contributed by atoms with van der Waals surface area (Å²) >= 11 is 0. The van der Waals surface area contributed by atoms with Crippen LogP contribution in [0.1, 0.15) is 60.9 Å². The Kier molecular flexibility index (Phi) is 7.60. The molecular formula is C26H32N4O3. The van der Waals surface area contributed by atoms with Crippen molar-refractivity contribution in [3.8, 4) is 5.75 Å². The van der Waals surface area contributed by atoms with Gasteiger partial charge in [0.2, 0.25) is 5.91 Å². The van der Waals surface area contributed by atoms with Crippen LogP contribution in [0.4, 0.5) is 11.5 Å². The number of carbonyl (C=O) groups excluding carboxylic acids is 2. The normalized spacial score (nSPS) is 16.1. The summed E-state index contributed by atoms with van der Waals surface area (Å²) in [4.78, 5) is 28.3. The van der Waals surface area contributed by atoms with Crippen LogP contribution in [0.15, 0.2) is 48.7 Å². The zero-order chi connectivity index (χ0) is 23.0. The highest BCUT2D eigenvalue weighted by Crippen LogP contribution is 2.32. The molecule has 2 aliphatic carbocycles. The summed E-state index contributed by atoms with van der Waals surface area (Å²) in [5, 5.41) is 6.11. The van der Waals surface area contributed by atoms with Crippen LogP contribution in [0, 0.1) is 11.8 Å². The van der Waals surface area contributed by atoms with E-state index in [1.54, 1.807) is 24.4 Å². The molecular weight excluding hydrogens is 416 g/mol. The molecule has 2 aliphatic rings. The first-order valence-electron chi connectivity index (χ1n) is 11.8. The zero-order valence-corrected chi connectivity index (χ0v) is 18.9. The molecule has 4 N–H and O–H groups in total.